The molecule has 3 nitrogen and oxygen atoms in total. The van der Waals surface area contributed by atoms with Gasteiger partial charge in [-0.25, -0.2) is 0 Å². The molecule has 3 atom stereocenters. The van der Waals surface area contributed by atoms with Gasteiger partial charge in [-0.15, -0.1) is 0 Å². The fourth-order valence-electron chi connectivity index (χ4n) is 3.34. The molecular formula is C15H26ClN3. The topological polar surface area (TPSA) is 29.9 Å². The smallest absolute Gasteiger partial charge is 0.0834 e. The Labute approximate surface area is 121 Å². The average Bonchev–Trinajstić information content (AvgIpc) is 2.71. The number of nitrogens with one attached hydrogen (secondary N) is 1. The van der Waals surface area contributed by atoms with E-state index in [1.807, 2.05) is 11.7 Å². The summed E-state index contributed by atoms with van der Waals surface area (Å²) in [6, 6.07) is 0.350. The van der Waals surface area contributed by atoms with E-state index in [2.05, 4.69) is 24.3 Å². The molecule has 1 heterocycles. The molecule has 0 aliphatic heterocycles. The third-order valence-electron chi connectivity index (χ3n) is 4.29. The number of rotatable bonds is 5. The van der Waals surface area contributed by atoms with E-state index < -0.39 is 0 Å². The van der Waals surface area contributed by atoms with Crippen LogP contribution in [0.2, 0.25) is 5.02 Å². The van der Waals surface area contributed by atoms with Crippen molar-refractivity contribution >= 4 is 11.6 Å². The zero-order valence-corrected chi connectivity index (χ0v) is 13.1. The summed E-state index contributed by atoms with van der Waals surface area (Å²) in [5, 5.41) is 8.80. The van der Waals surface area contributed by atoms with Crippen LogP contribution in [-0.2, 0) is 7.05 Å². The van der Waals surface area contributed by atoms with Crippen molar-refractivity contribution < 1.29 is 0 Å². The van der Waals surface area contributed by atoms with Gasteiger partial charge in [0.15, 0.2) is 0 Å². The quantitative estimate of drug-likeness (QED) is 0.887. The van der Waals surface area contributed by atoms with Crippen LogP contribution in [0.4, 0.5) is 0 Å². The van der Waals surface area contributed by atoms with Crippen molar-refractivity contribution in [3.8, 4) is 0 Å². The van der Waals surface area contributed by atoms with Crippen LogP contribution in [0.15, 0.2) is 6.20 Å². The number of hydrogen-bond donors (Lipinski definition) is 1. The molecule has 0 saturated heterocycles. The maximum atomic E-state index is 6.35. The lowest BCUT2D eigenvalue weighted by Gasteiger charge is -2.34. The maximum Gasteiger partial charge on any atom is 0.0834 e. The lowest BCUT2D eigenvalue weighted by molar-refractivity contribution is 0.218. The van der Waals surface area contributed by atoms with E-state index in [0.29, 0.717) is 12.0 Å². The molecule has 0 bridgehead atoms. The molecule has 0 radical (unpaired) electrons. The number of halogens is 1. The van der Waals surface area contributed by atoms with E-state index in [0.717, 1.165) is 29.6 Å². The van der Waals surface area contributed by atoms with E-state index >= 15 is 0 Å². The third kappa shape index (κ3) is 3.51. The summed E-state index contributed by atoms with van der Waals surface area (Å²) in [6.45, 7) is 5.61. The van der Waals surface area contributed by atoms with Crippen LogP contribution in [0, 0.1) is 11.8 Å². The van der Waals surface area contributed by atoms with Crippen molar-refractivity contribution in [1.82, 2.24) is 15.1 Å². The molecule has 0 amide bonds. The number of hydrogen-bond acceptors (Lipinski definition) is 2. The molecule has 1 aromatic rings. The molecule has 0 aromatic carbocycles. The molecule has 3 unspecified atom stereocenters. The number of nitrogens with zero attached hydrogens (tertiary/aromatic N) is 2. The van der Waals surface area contributed by atoms with E-state index in [1.165, 1.54) is 25.7 Å². The summed E-state index contributed by atoms with van der Waals surface area (Å²) in [4.78, 5) is 0. The predicted octanol–water partition coefficient (Wildman–Crippen LogP) is 3.94. The Hall–Kier alpha value is -0.540. The fourth-order valence-corrected chi connectivity index (χ4v) is 3.62. The Morgan fingerprint density at radius 2 is 2.32 bits per heavy atom. The van der Waals surface area contributed by atoms with Crippen molar-refractivity contribution in [2.24, 2.45) is 18.9 Å². The van der Waals surface area contributed by atoms with Crippen LogP contribution >= 0.6 is 11.6 Å². The summed E-state index contributed by atoms with van der Waals surface area (Å²) in [5.41, 5.74) is 1.16. The highest BCUT2D eigenvalue weighted by molar-refractivity contribution is 6.31. The second-order valence-corrected chi connectivity index (χ2v) is 6.37. The highest BCUT2D eigenvalue weighted by atomic mass is 35.5. The van der Waals surface area contributed by atoms with E-state index in [9.17, 15) is 0 Å². The number of aryl methyl sites for hydroxylation is 1. The van der Waals surface area contributed by atoms with Gasteiger partial charge >= 0.3 is 0 Å². The predicted molar refractivity (Wildman–Crippen MR) is 80.4 cm³/mol. The second-order valence-electron chi connectivity index (χ2n) is 5.97. The van der Waals surface area contributed by atoms with Gasteiger partial charge in [-0.2, -0.15) is 5.10 Å². The van der Waals surface area contributed by atoms with E-state index in [-0.39, 0.29) is 0 Å². The minimum absolute atomic E-state index is 0.350. The Bertz CT molecular complexity index is 383. The summed E-state index contributed by atoms with van der Waals surface area (Å²) in [6.07, 6.45) is 8.22. The zero-order chi connectivity index (χ0) is 13.8. The monoisotopic (exact) mass is 283 g/mol. The van der Waals surface area contributed by atoms with Crippen molar-refractivity contribution in [2.45, 2.75) is 52.0 Å². The molecule has 1 aliphatic carbocycles. The minimum atomic E-state index is 0.350. The highest BCUT2D eigenvalue weighted by Gasteiger charge is 2.30. The first-order valence-corrected chi connectivity index (χ1v) is 7.92. The van der Waals surface area contributed by atoms with E-state index in [1.54, 1.807) is 6.20 Å². The van der Waals surface area contributed by atoms with Crippen LogP contribution in [0.3, 0.4) is 0 Å². The standard InChI is InChI=1S/C15H26ClN3/c1-4-8-17-14(12-7-5-6-11(2)9-12)15-13(16)10-18-19(15)3/h10-12,14,17H,4-9H2,1-3H3. The molecule has 108 valence electrons. The first-order valence-electron chi connectivity index (χ1n) is 7.54. The molecule has 1 aliphatic rings. The van der Waals surface area contributed by atoms with Gasteiger partial charge < -0.3 is 5.32 Å². The lowest BCUT2D eigenvalue weighted by Crippen LogP contribution is -2.33. The Morgan fingerprint density at radius 1 is 1.53 bits per heavy atom. The van der Waals surface area contributed by atoms with Crippen molar-refractivity contribution in [1.29, 1.82) is 0 Å². The third-order valence-corrected chi connectivity index (χ3v) is 4.59. The first-order chi connectivity index (χ1) is 9.13. The minimum Gasteiger partial charge on any atom is -0.308 e. The largest absolute Gasteiger partial charge is 0.308 e. The van der Waals surface area contributed by atoms with Gasteiger partial charge in [0.25, 0.3) is 0 Å². The summed E-state index contributed by atoms with van der Waals surface area (Å²) >= 11 is 6.35. The molecule has 1 saturated carbocycles. The number of aromatic nitrogens is 2. The molecule has 2 rings (SSSR count). The van der Waals surface area contributed by atoms with Crippen LogP contribution in [0.1, 0.15) is 57.7 Å². The van der Waals surface area contributed by atoms with Crippen molar-refractivity contribution in [2.75, 3.05) is 6.54 Å². The van der Waals surface area contributed by atoms with Crippen LogP contribution in [0.25, 0.3) is 0 Å². The summed E-state index contributed by atoms with van der Waals surface area (Å²) in [5.74, 6) is 1.51. The first kappa shape index (κ1) is 14.9. The molecule has 1 fully saturated rings. The van der Waals surface area contributed by atoms with Crippen LogP contribution < -0.4 is 5.32 Å². The summed E-state index contributed by atoms with van der Waals surface area (Å²) in [7, 11) is 1.99. The normalized spacial score (nSPS) is 25.5. The van der Waals surface area contributed by atoms with Crippen molar-refractivity contribution in [3.05, 3.63) is 16.9 Å². The lowest BCUT2D eigenvalue weighted by atomic mass is 9.77. The average molecular weight is 284 g/mol. The molecule has 19 heavy (non-hydrogen) atoms. The van der Waals surface area contributed by atoms with Gasteiger partial charge in [-0.1, -0.05) is 38.3 Å². The Kier molecular flexibility index (Phi) is 5.28. The van der Waals surface area contributed by atoms with Gasteiger partial charge in [0.2, 0.25) is 0 Å². The SMILES string of the molecule is CCCNC(c1c(Cl)cnn1C)C1CCCC(C)C1. The van der Waals surface area contributed by atoms with Crippen LogP contribution in [0.5, 0.6) is 0 Å². The van der Waals surface area contributed by atoms with Crippen LogP contribution in [-0.4, -0.2) is 16.3 Å². The maximum absolute atomic E-state index is 6.35. The van der Waals surface area contributed by atoms with Gasteiger partial charge in [0, 0.05) is 7.05 Å². The molecule has 4 heteroatoms. The molecule has 1 aromatic heterocycles. The summed E-state index contributed by atoms with van der Waals surface area (Å²) < 4.78 is 1.94. The Morgan fingerprint density at radius 3 is 2.89 bits per heavy atom. The van der Waals surface area contributed by atoms with E-state index in [4.69, 9.17) is 11.6 Å². The fraction of sp³-hybridized carbons (Fsp3) is 0.800. The van der Waals surface area contributed by atoms with Gasteiger partial charge in [0.1, 0.15) is 0 Å². The second kappa shape index (κ2) is 6.76. The molecule has 1 N–H and O–H groups in total. The zero-order valence-electron chi connectivity index (χ0n) is 12.3. The van der Waals surface area contributed by atoms with Gasteiger partial charge in [-0.3, -0.25) is 4.68 Å². The van der Waals surface area contributed by atoms with Gasteiger partial charge in [0.05, 0.1) is 23.0 Å². The Balaban J connectivity index is 2.20. The molecular weight excluding hydrogens is 258 g/mol. The van der Waals surface area contributed by atoms with Crippen molar-refractivity contribution in [3.63, 3.8) is 0 Å². The van der Waals surface area contributed by atoms with Gasteiger partial charge in [-0.05, 0) is 37.6 Å². The molecule has 0 spiro atoms. The highest BCUT2D eigenvalue weighted by Crippen LogP contribution is 2.38.